The van der Waals surface area contributed by atoms with Crippen LogP contribution in [0.3, 0.4) is 0 Å². The number of rotatable bonds is 3. The van der Waals surface area contributed by atoms with Gasteiger partial charge >= 0.3 is 0 Å². The van der Waals surface area contributed by atoms with Crippen molar-refractivity contribution in [1.82, 2.24) is 4.98 Å². The molecule has 0 spiro atoms. The summed E-state index contributed by atoms with van der Waals surface area (Å²) in [5.74, 6) is 7.74. The lowest BCUT2D eigenvalue weighted by Crippen LogP contribution is -1.92. The van der Waals surface area contributed by atoms with Crippen LogP contribution in [0.15, 0.2) is 29.6 Å². The fourth-order valence-corrected chi connectivity index (χ4v) is 1.92. The molecule has 104 valence electrons. The number of halogens is 2. The van der Waals surface area contributed by atoms with Gasteiger partial charge in [0, 0.05) is 23.4 Å². The zero-order chi connectivity index (χ0) is 12.1. The molecular formula is C14H18Cl2N2S. The summed E-state index contributed by atoms with van der Waals surface area (Å²) >= 11 is 1.66. The van der Waals surface area contributed by atoms with E-state index in [1.165, 1.54) is 18.4 Å². The Morgan fingerprint density at radius 3 is 2.84 bits per heavy atom. The summed E-state index contributed by atoms with van der Waals surface area (Å²) in [6, 6.07) is 2.12. The number of pyridine rings is 1. The molecule has 0 amide bonds. The van der Waals surface area contributed by atoms with E-state index >= 15 is 0 Å². The van der Waals surface area contributed by atoms with Crippen LogP contribution in [0, 0.1) is 11.8 Å². The molecule has 1 fully saturated rings. The zero-order valence-electron chi connectivity index (χ0n) is 10.8. The van der Waals surface area contributed by atoms with E-state index < -0.39 is 0 Å². The number of nitrogens with zero attached hydrogens (tertiary/aromatic N) is 1. The van der Waals surface area contributed by atoms with Gasteiger partial charge < -0.3 is 5.73 Å². The van der Waals surface area contributed by atoms with Gasteiger partial charge in [-0.1, -0.05) is 12.8 Å². The van der Waals surface area contributed by atoms with Gasteiger partial charge in [0.1, 0.15) is 0 Å². The van der Waals surface area contributed by atoms with E-state index in [0.717, 1.165) is 11.3 Å². The molecule has 2 nitrogen and oxygen atoms in total. The summed E-state index contributed by atoms with van der Waals surface area (Å²) < 4.78 is 0. The van der Waals surface area contributed by atoms with Crippen molar-refractivity contribution >= 4 is 36.6 Å². The first-order valence-electron chi connectivity index (χ1n) is 5.84. The van der Waals surface area contributed by atoms with Crippen LogP contribution in [0.5, 0.6) is 0 Å². The third-order valence-electron chi connectivity index (χ3n) is 2.54. The average molecular weight is 317 g/mol. The first kappa shape index (κ1) is 18.2. The summed E-state index contributed by atoms with van der Waals surface area (Å²) in [7, 11) is 0. The second-order valence-corrected chi connectivity index (χ2v) is 5.21. The van der Waals surface area contributed by atoms with E-state index in [4.69, 9.17) is 5.73 Å². The zero-order valence-corrected chi connectivity index (χ0v) is 13.2. The number of hydrogen-bond donors (Lipinski definition) is 1. The molecule has 1 heterocycles. The van der Waals surface area contributed by atoms with Gasteiger partial charge in [-0.3, -0.25) is 4.98 Å². The molecule has 1 aliphatic carbocycles. The standard InChI is InChI=1S/C14H16N2S.2ClH/c1-2-17-10-14(15)6-3-11-7-13(9-16-8-11)12-4-5-12;;/h7-10,12H,2,4-5,15H2,1H3;2*1H/b14-10-;;. The Labute approximate surface area is 131 Å². The number of allylic oxidation sites excluding steroid dienone is 1. The minimum atomic E-state index is 0. The molecule has 1 aromatic heterocycles. The molecule has 0 aromatic carbocycles. The van der Waals surface area contributed by atoms with Crippen LogP contribution in [-0.2, 0) is 0 Å². The fourth-order valence-electron chi connectivity index (χ4n) is 1.51. The lowest BCUT2D eigenvalue weighted by Gasteiger charge is -1.96. The van der Waals surface area contributed by atoms with Gasteiger partial charge in [-0.25, -0.2) is 0 Å². The van der Waals surface area contributed by atoms with Crippen molar-refractivity contribution in [2.24, 2.45) is 5.73 Å². The minimum absolute atomic E-state index is 0. The Balaban J connectivity index is 0.00000162. The van der Waals surface area contributed by atoms with Crippen molar-refractivity contribution < 1.29 is 0 Å². The number of thioether (sulfide) groups is 1. The largest absolute Gasteiger partial charge is 0.391 e. The maximum absolute atomic E-state index is 5.76. The molecule has 0 saturated heterocycles. The maximum atomic E-state index is 5.76. The molecule has 1 aromatic rings. The van der Waals surface area contributed by atoms with Crippen molar-refractivity contribution in [2.75, 3.05) is 5.75 Å². The van der Waals surface area contributed by atoms with Crippen molar-refractivity contribution in [2.45, 2.75) is 25.7 Å². The molecule has 0 aliphatic heterocycles. The second-order valence-electron chi connectivity index (χ2n) is 4.06. The Bertz CT molecular complexity index is 488. The first-order chi connectivity index (χ1) is 8.29. The molecule has 1 saturated carbocycles. The van der Waals surface area contributed by atoms with Crippen molar-refractivity contribution in [3.05, 3.63) is 40.7 Å². The molecular weight excluding hydrogens is 299 g/mol. The highest BCUT2D eigenvalue weighted by Gasteiger charge is 2.23. The molecule has 5 heteroatoms. The Morgan fingerprint density at radius 2 is 2.21 bits per heavy atom. The predicted octanol–water partition coefficient (Wildman–Crippen LogP) is 3.71. The van der Waals surface area contributed by atoms with Gasteiger partial charge in [-0.05, 0) is 42.1 Å². The SMILES string of the molecule is CCS/C=C(\N)C#Cc1cncc(C2CC2)c1.Cl.Cl. The topological polar surface area (TPSA) is 38.9 Å². The summed E-state index contributed by atoms with van der Waals surface area (Å²) in [4.78, 5) is 4.22. The molecule has 0 radical (unpaired) electrons. The Morgan fingerprint density at radius 1 is 1.47 bits per heavy atom. The third kappa shape index (κ3) is 6.24. The van der Waals surface area contributed by atoms with E-state index in [0.29, 0.717) is 11.6 Å². The van der Waals surface area contributed by atoms with Crippen LogP contribution >= 0.6 is 36.6 Å². The maximum Gasteiger partial charge on any atom is 0.0894 e. The smallest absolute Gasteiger partial charge is 0.0894 e. The Kier molecular flexibility index (Phi) is 8.75. The van der Waals surface area contributed by atoms with E-state index in [1.807, 2.05) is 11.6 Å². The third-order valence-corrected chi connectivity index (χ3v) is 3.29. The van der Waals surface area contributed by atoms with E-state index in [2.05, 4.69) is 29.8 Å². The summed E-state index contributed by atoms with van der Waals surface area (Å²) in [5, 5.41) is 1.89. The van der Waals surface area contributed by atoms with E-state index in [1.54, 1.807) is 18.0 Å². The van der Waals surface area contributed by atoms with Crippen LogP contribution in [-0.4, -0.2) is 10.7 Å². The molecule has 19 heavy (non-hydrogen) atoms. The van der Waals surface area contributed by atoms with Crippen molar-refractivity contribution in [3.63, 3.8) is 0 Å². The monoisotopic (exact) mass is 316 g/mol. The normalized spacial score (nSPS) is 13.6. The van der Waals surface area contributed by atoms with Gasteiger partial charge in [0.2, 0.25) is 0 Å². The van der Waals surface area contributed by atoms with Gasteiger partial charge in [0.15, 0.2) is 0 Å². The summed E-state index contributed by atoms with van der Waals surface area (Å²) in [6.07, 6.45) is 6.30. The lowest BCUT2D eigenvalue weighted by atomic mass is 10.1. The predicted molar refractivity (Wildman–Crippen MR) is 88.0 cm³/mol. The van der Waals surface area contributed by atoms with Gasteiger partial charge in [0.25, 0.3) is 0 Å². The fraction of sp³-hybridized carbons (Fsp3) is 0.357. The highest BCUT2D eigenvalue weighted by atomic mass is 35.5. The van der Waals surface area contributed by atoms with E-state index in [-0.39, 0.29) is 24.8 Å². The number of aromatic nitrogens is 1. The highest BCUT2D eigenvalue weighted by molar-refractivity contribution is 8.02. The first-order valence-corrected chi connectivity index (χ1v) is 6.88. The second kappa shape index (κ2) is 9.14. The number of hydrogen-bond acceptors (Lipinski definition) is 3. The van der Waals surface area contributed by atoms with Crippen LogP contribution in [0.25, 0.3) is 0 Å². The van der Waals surface area contributed by atoms with Gasteiger partial charge in [-0.2, -0.15) is 0 Å². The summed E-state index contributed by atoms with van der Waals surface area (Å²) in [5.41, 5.74) is 8.64. The highest BCUT2D eigenvalue weighted by Crippen LogP contribution is 2.39. The quantitative estimate of drug-likeness (QED) is 0.864. The average Bonchev–Trinajstić information content (AvgIpc) is 3.18. The Hall–Kier alpha value is -0.820. The molecule has 1 aliphatic rings. The van der Waals surface area contributed by atoms with Crippen LogP contribution in [0.2, 0.25) is 0 Å². The van der Waals surface area contributed by atoms with Crippen molar-refractivity contribution in [1.29, 1.82) is 0 Å². The molecule has 0 bridgehead atoms. The van der Waals surface area contributed by atoms with Crippen LogP contribution in [0.4, 0.5) is 0 Å². The van der Waals surface area contributed by atoms with E-state index in [9.17, 15) is 0 Å². The van der Waals surface area contributed by atoms with Crippen LogP contribution in [0.1, 0.15) is 36.8 Å². The van der Waals surface area contributed by atoms with Gasteiger partial charge in [-0.15, -0.1) is 36.6 Å². The van der Waals surface area contributed by atoms with Crippen LogP contribution < -0.4 is 5.73 Å². The van der Waals surface area contributed by atoms with Crippen molar-refractivity contribution in [3.8, 4) is 11.8 Å². The molecule has 0 unspecified atom stereocenters. The van der Waals surface area contributed by atoms with Gasteiger partial charge in [0.05, 0.1) is 5.70 Å². The minimum Gasteiger partial charge on any atom is -0.391 e. The molecule has 2 rings (SSSR count). The number of nitrogens with two attached hydrogens (primary N) is 1. The summed E-state index contributed by atoms with van der Waals surface area (Å²) in [6.45, 7) is 2.09. The lowest BCUT2D eigenvalue weighted by molar-refractivity contribution is 1.09. The molecule has 0 atom stereocenters. The molecule has 2 N–H and O–H groups in total.